The molecule has 3 N–H and O–H groups in total. The second kappa shape index (κ2) is 7.97. The van der Waals surface area contributed by atoms with Crippen molar-refractivity contribution in [2.45, 2.75) is 39.2 Å². The van der Waals surface area contributed by atoms with Gasteiger partial charge in [-0.1, -0.05) is 0 Å². The molecular formula is C17H26N3O3+. The van der Waals surface area contributed by atoms with Gasteiger partial charge >= 0.3 is 0 Å². The van der Waals surface area contributed by atoms with Gasteiger partial charge in [-0.15, -0.1) is 0 Å². The van der Waals surface area contributed by atoms with E-state index in [0.717, 1.165) is 6.54 Å². The Bertz CT molecular complexity index is 574. The maximum atomic E-state index is 12.4. The molecule has 126 valence electrons. The Hall–Kier alpha value is -2.08. The van der Waals surface area contributed by atoms with Gasteiger partial charge in [0.2, 0.25) is 5.91 Å². The zero-order valence-corrected chi connectivity index (χ0v) is 14.1. The summed E-state index contributed by atoms with van der Waals surface area (Å²) in [6.07, 6.45) is 3.59. The van der Waals surface area contributed by atoms with E-state index in [4.69, 9.17) is 4.74 Å². The van der Waals surface area contributed by atoms with Gasteiger partial charge in [0.1, 0.15) is 5.75 Å². The number of carbonyl (C=O) groups excluding carboxylic acids is 2. The minimum Gasteiger partial charge on any atom is -0.495 e. The van der Waals surface area contributed by atoms with E-state index in [1.54, 1.807) is 25.3 Å². The molecule has 0 aliphatic carbocycles. The van der Waals surface area contributed by atoms with Gasteiger partial charge in [-0.3, -0.25) is 9.59 Å². The van der Waals surface area contributed by atoms with Crippen molar-refractivity contribution >= 4 is 23.2 Å². The van der Waals surface area contributed by atoms with Crippen LogP contribution in [0.15, 0.2) is 18.2 Å². The molecular weight excluding hydrogens is 294 g/mol. The summed E-state index contributed by atoms with van der Waals surface area (Å²) < 4.78 is 5.28. The molecule has 2 atom stereocenters. The molecule has 6 heteroatoms. The van der Waals surface area contributed by atoms with Gasteiger partial charge in [0.05, 0.1) is 25.4 Å². The number of amides is 2. The average molecular weight is 320 g/mol. The van der Waals surface area contributed by atoms with Gasteiger partial charge in [0.25, 0.3) is 5.91 Å². The molecule has 1 saturated heterocycles. The smallest absolute Gasteiger partial charge is 0.279 e. The first-order chi connectivity index (χ1) is 11.0. The Morgan fingerprint density at radius 3 is 2.74 bits per heavy atom. The summed E-state index contributed by atoms with van der Waals surface area (Å²) in [5, 5.41) is 5.61. The SMILES string of the molecule is COc1ccc(NC(C)=O)cc1NC(=O)C[NH+]1CCCC[C@H]1C. The molecule has 0 spiro atoms. The molecule has 1 heterocycles. The zero-order valence-electron chi connectivity index (χ0n) is 14.1. The highest BCUT2D eigenvalue weighted by molar-refractivity contribution is 5.95. The van der Waals surface area contributed by atoms with E-state index in [1.807, 2.05) is 0 Å². The lowest BCUT2D eigenvalue weighted by molar-refractivity contribution is -0.920. The monoisotopic (exact) mass is 320 g/mol. The molecule has 23 heavy (non-hydrogen) atoms. The van der Waals surface area contributed by atoms with Crippen LogP contribution in [0.5, 0.6) is 5.75 Å². The lowest BCUT2D eigenvalue weighted by Crippen LogP contribution is -3.17. The van der Waals surface area contributed by atoms with E-state index in [1.165, 1.54) is 31.1 Å². The highest BCUT2D eigenvalue weighted by atomic mass is 16.5. The summed E-state index contributed by atoms with van der Waals surface area (Å²) >= 11 is 0. The largest absolute Gasteiger partial charge is 0.495 e. The van der Waals surface area contributed by atoms with E-state index in [9.17, 15) is 9.59 Å². The highest BCUT2D eigenvalue weighted by Crippen LogP contribution is 2.27. The number of rotatable bonds is 5. The van der Waals surface area contributed by atoms with Gasteiger partial charge in [0, 0.05) is 12.6 Å². The third kappa shape index (κ3) is 4.96. The summed E-state index contributed by atoms with van der Waals surface area (Å²) in [6, 6.07) is 5.71. The molecule has 2 rings (SSSR count). The number of methoxy groups -OCH3 is 1. The fourth-order valence-corrected chi connectivity index (χ4v) is 3.00. The van der Waals surface area contributed by atoms with E-state index < -0.39 is 0 Å². The zero-order chi connectivity index (χ0) is 16.8. The fourth-order valence-electron chi connectivity index (χ4n) is 3.00. The molecule has 1 unspecified atom stereocenters. The van der Waals surface area contributed by atoms with Crippen molar-refractivity contribution in [3.05, 3.63) is 18.2 Å². The van der Waals surface area contributed by atoms with Crippen LogP contribution in [0, 0.1) is 0 Å². The van der Waals surface area contributed by atoms with Crippen LogP contribution in [0.25, 0.3) is 0 Å². The average Bonchev–Trinajstić information content (AvgIpc) is 2.49. The Morgan fingerprint density at radius 2 is 2.09 bits per heavy atom. The Kier molecular flexibility index (Phi) is 5.98. The number of nitrogens with one attached hydrogen (secondary N) is 3. The number of hydrogen-bond acceptors (Lipinski definition) is 3. The number of hydrogen-bond donors (Lipinski definition) is 3. The number of ether oxygens (including phenoxy) is 1. The minimum atomic E-state index is -0.154. The van der Waals surface area contributed by atoms with Crippen LogP contribution >= 0.6 is 0 Å². The first-order valence-corrected chi connectivity index (χ1v) is 8.09. The second-order valence-electron chi connectivity index (χ2n) is 6.13. The topological polar surface area (TPSA) is 71.9 Å². The van der Waals surface area contributed by atoms with Crippen LogP contribution in [0.3, 0.4) is 0 Å². The van der Waals surface area contributed by atoms with Crippen molar-refractivity contribution in [2.24, 2.45) is 0 Å². The molecule has 1 aliphatic rings. The molecule has 0 saturated carbocycles. The molecule has 6 nitrogen and oxygen atoms in total. The summed E-state index contributed by atoms with van der Waals surface area (Å²) in [6.45, 7) is 5.13. The van der Waals surface area contributed by atoms with Crippen molar-refractivity contribution in [3.8, 4) is 5.75 Å². The Labute approximate surface area is 137 Å². The predicted molar refractivity (Wildman–Crippen MR) is 89.9 cm³/mol. The number of anilines is 2. The molecule has 2 amide bonds. The first-order valence-electron chi connectivity index (χ1n) is 8.09. The third-order valence-corrected chi connectivity index (χ3v) is 4.26. The maximum Gasteiger partial charge on any atom is 0.279 e. The molecule has 1 aromatic carbocycles. The van der Waals surface area contributed by atoms with Crippen LogP contribution in [-0.2, 0) is 9.59 Å². The number of benzene rings is 1. The van der Waals surface area contributed by atoms with Crippen LogP contribution in [0.4, 0.5) is 11.4 Å². The standard InChI is InChI=1S/C17H25N3O3/c1-12-6-4-5-9-20(12)11-17(22)19-15-10-14(18-13(2)21)7-8-16(15)23-3/h7-8,10,12H,4-6,9,11H2,1-3H3,(H,18,21)(H,19,22)/p+1/t12-/m1/s1. The number of quaternary nitrogens is 1. The summed E-state index contributed by atoms with van der Waals surface area (Å²) in [5.74, 6) is 0.389. The predicted octanol–water partition coefficient (Wildman–Crippen LogP) is 1.05. The van der Waals surface area contributed by atoms with E-state index >= 15 is 0 Å². The quantitative estimate of drug-likeness (QED) is 0.759. The first kappa shape index (κ1) is 17.3. The lowest BCUT2D eigenvalue weighted by Gasteiger charge is -2.29. The Balaban J connectivity index is 2.04. The van der Waals surface area contributed by atoms with Crippen LogP contribution in [0.1, 0.15) is 33.1 Å². The fraction of sp³-hybridized carbons (Fsp3) is 0.529. The van der Waals surface area contributed by atoms with Crippen molar-refractivity contribution in [1.82, 2.24) is 0 Å². The second-order valence-corrected chi connectivity index (χ2v) is 6.13. The van der Waals surface area contributed by atoms with E-state index in [-0.39, 0.29) is 11.8 Å². The van der Waals surface area contributed by atoms with E-state index in [2.05, 4.69) is 17.6 Å². The number of carbonyl (C=O) groups is 2. The van der Waals surface area contributed by atoms with Crippen LogP contribution < -0.4 is 20.3 Å². The molecule has 0 aromatic heterocycles. The van der Waals surface area contributed by atoms with Crippen molar-refractivity contribution in [3.63, 3.8) is 0 Å². The molecule has 0 radical (unpaired) electrons. The van der Waals surface area contributed by atoms with Gasteiger partial charge in [-0.05, 0) is 44.4 Å². The van der Waals surface area contributed by atoms with Gasteiger partial charge in [-0.25, -0.2) is 0 Å². The minimum absolute atomic E-state index is 0.0352. The normalized spacial score (nSPS) is 20.7. The summed E-state index contributed by atoms with van der Waals surface area (Å²) in [4.78, 5) is 24.8. The van der Waals surface area contributed by atoms with Gasteiger partial charge < -0.3 is 20.3 Å². The van der Waals surface area contributed by atoms with Crippen molar-refractivity contribution < 1.29 is 19.2 Å². The third-order valence-electron chi connectivity index (χ3n) is 4.26. The maximum absolute atomic E-state index is 12.4. The van der Waals surface area contributed by atoms with Gasteiger partial charge in [-0.2, -0.15) is 0 Å². The van der Waals surface area contributed by atoms with E-state index in [0.29, 0.717) is 29.7 Å². The lowest BCUT2D eigenvalue weighted by atomic mass is 10.0. The molecule has 1 fully saturated rings. The van der Waals surface area contributed by atoms with Crippen LogP contribution in [-0.4, -0.2) is 38.1 Å². The summed E-state index contributed by atoms with van der Waals surface area (Å²) in [7, 11) is 1.56. The Morgan fingerprint density at radius 1 is 1.30 bits per heavy atom. The molecule has 0 bridgehead atoms. The van der Waals surface area contributed by atoms with Crippen molar-refractivity contribution in [1.29, 1.82) is 0 Å². The summed E-state index contributed by atoms with van der Waals surface area (Å²) in [5.41, 5.74) is 1.21. The molecule has 1 aromatic rings. The van der Waals surface area contributed by atoms with Gasteiger partial charge in [0.15, 0.2) is 6.54 Å². The highest BCUT2D eigenvalue weighted by Gasteiger charge is 2.24. The number of likely N-dealkylation sites (tertiary alicyclic amines) is 1. The van der Waals surface area contributed by atoms with Crippen LogP contribution in [0.2, 0.25) is 0 Å². The number of piperidine rings is 1. The van der Waals surface area contributed by atoms with Crippen molar-refractivity contribution in [2.75, 3.05) is 30.8 Å². The molecule has 1 aliphatic heterocycles.